The average molecular weight is 856 g/mol. The van der Waals surface area contributed by atoms with Crippen molar-refractivity contribution in [2.75, 3.05) is 33.2 Å². The van der Waals surface area contributed by atoms with Gasteiger partial charge in [0.1, 0.15) is 25.2 Å². The van der Waals surface area contributed by atoms with E-state index in [4.69, 9.17) is 23.2 Å². The van der Waals surface area contributed by atoms with Crippen molar-refractivity contribution in [3.05, 3.63) is 119 Å². The summed E-state index contributed by atoms with van der Waals surface area (Å²) >= 11 is 11.9. The van der Waals surface area contributed by atoms with E-state index in [0.29, 0.717) is 10.0 Å². The van der Waals surface area contributed by atoms with Crippen molar-refractivity contribution in [1.29, 1.82) is 0 Å². The molecule has 2 unspecified atom stereocenters. The molecule has 0 heterocycles. The molecule has 4 aromatic rings. The van der Waals surface area contributed by atoms with E-state index < -0.39 is 69.0 Å². The summed E-state index contributed by atoms with van der Waals surface area (Å²) < 4.78 is 55.7. The molecule has 0 saturated heterocycles. The molecule has 4 rings (SSSR count). The van der Waals surface area contributed by atoms with Crippen molar-refractivity contribution >= 4 is 100.0 Å². The van der Waals surface area contributed by atoms with Crippen LogP contribution in [0.1, 0.15) is 0 Å². The minimum atomic E-state index is -4.27. The Labute approximate surface area is 329 Å². The molecule has 14 nitrogen and oxygen atoms in total. The summed E-state index contributed by atoms with van der Waals surface area (Å²) in [5.41, 5.74) is 0.205. The molecule has 2 atom stereocenters. The number of rotatable bonds is 19. The Morgan fingerprint density at radius 2 is 0.870 bits per heavy atom. The number of amides is 2. The first-order valence-corrected chi connectivity index (χ1v) is 21.7. The van der Waals surface area contributed by atoms with E-state index in [1.807, 2.05) is 0 Å². The molecule has 0 fully saturated rings. The number of benzene rings is 4. The molecule has 0 spiro atoms. The molecule has 286 valence electrons. The van der Waals surface area contributed by atoms with E-state index in [2.05, 4.69) is 10.6 Å². The zero-order valence-corrected chi connectivity index (χ0v) is 32.6. The highest BCUT2D eigenvalue weighted by atomic mass is 35.5. The quantitative estimate of drug-likeness (QED) is 0.0754. The van der Waals surface area contributed by atoms with Crippen LogP contribution in [0.25, 0.3) is 0 Å². The van der Waals surface area contributed by atoms with E-state index in [0.717, 1.165) is 30.2 Å². The SMILES string of the molecule is O=C(CN(c1ccc(Cl)cc1)S(=O)(=O)c1ccccc1)NC(CSSCC(NC(=O)CN(c1ccc(Cl)cc1)S(=O)(=O)c1ccccc1)C(=O)O)C(=O)O. The van der Waals surface area contributed by atoms with Crippen molar-refractivity contribution in [3.63, 3.8) is 0 Å². The highest BCUT2D eigenvalue weighted by Gasteiger charge is 2.31. The van der Waals surface area contributed by atoms with Crippen molar-refractivity contribution in [2.24, 2.45) is 0 Å². The third-order valence-corrected chi connectivity index (χ3v) is 13.8. The van der Waals surface area contributed by atoms with Crippen LogP contribution in [0.4, 0.5) is 11.4 Å². The number of sulfonamides is 2. The zero-order valence-electron chi connectivity index (χ0n) is 27.8. The maximum absolute atomic E-state index is 13.5. The van der Waals surface area contributed by atoms with Gasteiger partial charge in [0.15, 0.2) is 0 Å². The van der Waals surface area contributed by atoms with Gasteiger partial charge in [-0.15, -0.1) is 0 Å². The fourth-order valence-corrected chi connectivity index (χ4v) is 10.1. The number of aliphatic carboxylic acids is 2. The zero-order chi connectivity index (χ0) is 39.5. The minimum Gasteiger partial charge on any atom is -0.480 e. The summed E-state index contributed by atoms with van der Waals surface area (Å²) in [7, 11) is -6.79. The van der Waals surface area contributed by atoms with Gasteiger partial charge in [0.25, 0.3) is 20.0 Å². The highest BCUT2D eigenvalue weighted by Crippen LogP contribution is 2.27. The Bertz CT molecular complexity index is 2000. The van der Waals surface area contributed by atoms with Gasteiger partial charge in [0, 0.05) is 21.6 Å². The van der Waals surface area contributed by atoms with Gasteiger partial charge in [-0.1, -0.05) is 81.2 Å². The minimum absolute atomic E-state index is 0.103. The second-order valence-electron chi connectivity index (χ2n) is 11.1. The number of halogens is 2. The predicted octanol–water partition coefficient (Wildman–Crippen LogP) is 4.60. The molecule has 2 amide bonds. The van der Waals surface area contributed by atoms with Gasteiger partial charge in [-0.2, -0.15) is 0 Å². The van der Waals surface area contributed by atoms with Crippen molar-refractivity contribution in [3.8, 4) is 0 Å². The third kappa shape index (κ3) is 11.5. The fourth-order valence-electron chi connectivity index (χ4n) is 4.61. The Morgan fingerprint density at radius 1 is 0.556 bits per heavy atom. The number of nitrogens with one attached hydrogen (secondary N) is 2. The number of carbonyl (C=O) groups excluding carboxylic acids is 2. The first-order chi connectivity index (χ1) is 25.6. The van der Waals surface area contributed by atoms with Crippen LogP contribution < -0.4 is 19.2 Å². The second kappa shape index (κ2) is 19.2. The Morgan fingerprint density at radius 3 is 1.17 bits per heavy atom. The molecule has 4 N–H and O–H groups in total. The summed E-state index contributed by atoms with van der Waals surface area (Å²) in [6.07, 6.45) is 0. The number of hydrogen-bond donors (Lipinski definition) is 4. The van der Waals surface area contributed by atoms with Gasteiger partial charge < -0.3 is 20.8 Å². The van der Waals surface area contributed by atoms with Gasteiger partial charge in [0.2, 0.25) is 11.8 Å². The molecule has 0 saturated carbocycles. The molecular weight excluding hydrogens is 824 g/mol. The molecule has 0 bridgehead atoms. The lowest BCUT2D eigenvalue weighted by Crippen LogP contribution is -2.48. The van der Waals surface area contributed by atoms with Crippen LogP contribution >= 0.6 is 44.8 Å². The van der Waals surface area contributed by atoms with Crippen LogP contribution in [0.5, 0.6) is 0 Å². The van der Waals surface area contributed by atoms with Crippen LogP contribution in [-0.4, -0.2) is 87.5 Å². The maximum Gasteiger partial charge on any atom is 0.327 e. The van der Waals surface area contributed by atoms with Gasteiger partial charge in [-0.3, -0.25) is 18.2 Å². The summed E-state index contributed by atoms with van der Waals surface area (Å²) in [5.74, 6) is -5.31. The van der Waals surface area contributed by atoms with Crippen molar-refractivity contribution in [1.82, 2.24) is 10.6 Å². The van der Waals surface area contributed by atoms with Crippen LogP contribution in [0.3, 0.4) is 0 Å². The number of carbonyl (C=O) groups is 4. The molecule has 20 heteroatoms. The smallest absolute Gasteiger partial charge is 0.327 e. The molecule has 0 aliphatic rings. The molecule has 0 radical (unpaired) electrons. The van der Waals surface area contributed by atoms with E-state index in [1.54, 1.807) is 12.1 Å². The Kier molecular flexibility index (Phi) is 15.1. The number of nitrogens with zero attached hydrogens (tertiary/aromatic N) is 2. The van der Waals surface area contributed by atoms with E-state index in [1.165, 1.54) is 97.1 Å². The maximum atomic E-state index is 13.5. The van der Waals surface area contributed by atoms with E-state index in [-0.39, 0.29) is 32.7 Å². The first kappa shape index (κ1) is 42.3. The molecular formula is C34H32Cl2N4O10S4. The van der Waals surface area contributed by atoms with Crippen molar-refractivity contribution < 1.29 is 46.2 Å². The van der Waals surface area contributed by atoms with Crippen LogP contribution in [0.15, 0.2) is 119 Å². The molecule has 0 aromatic heterocycles. The lowest BCUT2D eigenvalue weighted by Gasteiger charge is -2.25. The lowest BCUT2D eigenvalue weighted by molar-refractivity contribution is -0.141. The van der Waals surface area contributed by atoms with Crippen LogP contribution in [-0.2, 0) is 39.2 Å². The van der Waals surface area contributed by atoms with Crippen molar-refractivity contribution in [2.45, 2.75) is 21.9 Å². The van der Waals surface area contributed by atoms with Gasteiger partial charge in [0.05, 0.1) is 21.2 Å². The lowest BCUT2D eigenvalue weighted by atomic mass is 10.3. The molecule has 0 aliphatic heterocycles. The number of hydrogen-bond acceptors (Lipinski definition) is 10. The summed E-state index contributed by atoms with van der Waals surface area (Å²) in [6, 6.07) is 22.9. The topological polar surface area (TPSA) is 208 Å². The predicted molar refractivity (Wildman–Crippen MR) is 209 cm³/mol. The third-order valence-electron chi connectivity index (χ3n) is 7.29. The fraction of sp³-hybridized carbons (Fsp3) is 0.176. The second-order valence-corrected chi connectivity index (χ2v) is 18.2. The summed E-state index contributed by atoms with van der Waals surface area (Å²) in [5, 5.41) is 24.8. The highest BCUT2D eigenvalue weighted by molar-refractivity contribution is 8.76. The molecule has 4 aromatic carbocycles. The van der Waals surface area contributed by atoms with E-state index in [9.17, 15) is 46.2 Å². The molecule has 0 aliphatic carbocycles. The molecule has 54 heavy (non-hydrogen) atoms. The van der Waals surface area contributed by atoms with Gasteiger partial charge in [-0.05, 0) is 72.8 Å². The summed E-state index contributed by atoms with van der Waals surface area (Å²) in [6.45, 7) is -1.55. The van der Waals surface area contributed by atoms with Crippen LogP contribution in [0.2, 0.25) is 10.0 Å². The van der Waals surface area contributed by atoms with Gasteiger partial charge in [-0.25, -0.2) is 26.4 Å². The summed E-state index contributed by atoms with van der Waals surface area (Å²) in [4.78, 5) is 50.1. The monoisotopic (exact) mass is 854 g/mol. The number of carboxylic acid groups (broad SMARTS) is 2. The Hall–Kier alpha value is -4.46. The first-order valence-electron chi connectivity index (χ1n) is 15.5. The number of carboxylic acids is 2. The van der Waals surface area contributed by atoms with Crippen LogP contribution in [0, 0.1) is 0 Å². The standard InChI is InChI=1S/C34H32Cl2N4O10S4/c35-23-11-15-25(16-12-23)39(53(47,48)27-7-3-1-4-8-27)19-31(41)37-29(33(43)44)21-51-52-22-30(34(45)46)38-32(42)20-40(26-17-13-24(36)14-18-26)54(49,50)28-9-5-2-6-10-28/h1-18,29-30H,19-22H2,(H,37,41)(H,38,42)(H,43,44)(H,45,46). The van der Waals surface area contributed by atoms with Gasteiger partial charge >= 0.3 is 11.9 Å². The number of anilines is 2. The van der Waals surface area contributed by atoms with E-state index >= 15 is 0 Å². The largest absolute Gasteiger partial charge is 0.480 e. The normalized spacial score (nSPS) is 12.6. The Balaban J connectivity index is 1.38. The average Bonchev–Trinajstić information content (AvgIpc) is 3.15.